The number of carboxylic acids is 1. The summed E-state index contributed by atoms with van der Waals surface area (Å²) in [5.41, 5.74) is 8.15. The topological polar surface area (TPSA) is 269 Å². The minimum atomic E-state index is -4.90. The molecule has 0 heterocycles. The molecule has 0 spiro atoms. The molecule has 278 valence electrons. The third-order valence-electron chi connectivity index (χ3n) is 8.05. The molecule has 57 heavy (non-hydrogen) atoms. The van der Waals surface area contributed by atoms with E-state index in [2.05, 4.69) is 30.8 Å². The summed E-state index contributed by atoms with van der Waals surface area (Å²) in [7, 11) is -4.90. The van der Waals surface area contributed by atoms with Gasteiger partial charge in [-0.1, -0.05) is 0 Å². The number of aryl methyl sites for hydroxylation is 1. The number of amides is 1. The molecule has 0 aliphatic rings. The van der Waals surface area contributed by atoms with Crippen molar-refractivity contribution in [3.8, 4) is 11.5 Å². The zero-order valence-corrected chi connectivity index (χ0v) is 35.3. The quantitative estimate of drug-likeness (QED) is 0.0133. The SMILES string of the molecule is Cc1cc(N=Nc2c(S(=O)(=O)O)cc3cc(N=C(O)c4ccc(N)cc4)ccc3c2O)ccc1N=Nc1ccc(C(=O)Nc2ccc(O)c(C(=O)O)c2)cc1.[Na].[Na]. The van der Waals surface area contributed by atoms with Crippen LogP contribution in [0.4, 0.5) is 39.8 Å². The number of nitrogens with one attached hydrogen (secondary N) is 1. The molecule has 6 aromatic carbocycles. The number of carbonyl (C=O) groups is 2. The molecule has 0 bridgehead atoms. The van der Waals surface area contributed by atoms with Crippen molar-refractivity contribution >= 4 is 138 Å². The third kappa shape index (κ3) is 10.7. The molecule has 0 aliphatic heterocycles. The van der Waals surface area contributed by atoms with E-state index in [0.29, 0.717) is 28.2 Å². The van der Waals surface area contributed by atoms with Gasteiger partial charge in [-0.05, 0) is 127 Å². The predicted molar refractivity (Wildman–Crippen MR) is 216 cm³/mol. The van der Waals surface area contributed by atoms with Crippen molar-refractivity contribution in [3.63, 3.8) is 0 Å². The van der Waals surface area contributed by atoms with Crippen molar-refractivity contribution in [3.05, 3.63) is 131 Å². The molecule has 6 rings (SSSR count). The molecular weight excluding hydrogens is 777 g/mol. The Balaban J connectivity index is 0.00000360. The Morgan fingerprint density at radius 3 is 1.98 bits per heavy atom. The van der Waals surface area contributed by atoms with Crippen LogP contribution in [0.1, 0.15) is 31.8 Å². The molecule has 0 aliphatic carbocycles. The molecule has 0 aromatic heterocycles. The van der Waals surface area contributed by atoms with Crippen LogP contribution in [0, 0.1) is 6.92 Å². The number of benzene rings is 6. The zero-order chi connectivity index (χ0) is 39.4. The molecule has 6 aromatic rings. The number of phenolic OH excluding ortho intramolecular Hbond substituents is 1. The number of aliphatic hydroxyl groups excluding tert-OH is 1. The Bertz CT molecular complexity index is 2710. The van der Waals surface area contributed by atoms with E-state index in [9.17, 15) is 43.0 Å². The summed E-state index contributed by atoms with van der Waals surface area (Å²) in [6, 6.07) is 26.3. The number of aromatic carboxylic acids is 1. The van der Waals surface area contributed by atoms with Crippen LogP contribution in [0.3, 0.4) is 0 Å². The van der Waals surface area contributed by atoms with Crippen LogP contribution in [-0.4, -0.2) is 110 Å². The van der Waals surface area contributed by atoms with Gasteiger partial charge in [-0.25, -0.2) is 9.79 Å². The summed E-state index contributed by atoms with van der Waals surface area (Å²) in [6.45, 7) is 1.72. The Hall–Kier alpha value is -5.50. The molecule has 19 heteroatoms. The smallest absolute Gasteiger partial charge is 0.339 e. The fraction of sp³-hybridized carbons (Fsp3) is 0.0263. The molecule has 0 fully saturated rings. The van der Waals surface area contributed by atoms with E-state index in [0.717, 1.165) is 12.1 Å². The Kier molecular flexibility index (Phi) is 14.5. The maximum absolute atomic E-state index is 12.7. The number of azo groups is 2. The van der Waals surface area contributed by atoms with Crippen LogP contribution in [0.15, 0.2) is 140 Å². The van der Waals surface area contributed by atoms with E-state index in [4.69, 9.17) is 5.73 Å². The zero-order valence-electron chi connectivity index (χ0n) is 30.5. The van der Waals surface area contributed by atoms with Gasteiger partial charge in [-0.2, -0.15) is 23.8 Å². The average Bonchev–Trinajstić information content (AvgIpc) is 3.14. The molecule has 16 nitrogen and oxygen atoms in total. The molecule has 0 saturated heterocycles. The van der Waals surface area contributed by atoms with Crippen molar-refractivity contribution < 1.29 is 43.0 Å². The summed E-state index contributed by atoms with van der Waals surface area (Å²) in [5, 5.41) is 59.8. The van der Waals surface area contributed by atoms with Crippen LogP contribution in [0.5, 0.6) is 11.5 Å². The van der Waals surface area contributed by atoms with Crippen molar-refractivity contribution in [1.82, 2.24) is 0 Å². The van der Waals surface area contributed by atoms with E-state index < -0.39 is 44.1 Å². The molecule has 8 N–H and O–H groups in total. The predicted octanol–water partition coefficient (Wildman–Crippen LogP) is 8.04. The number of carbonyl (C=O) groups excluding carboxylic acids is 1. The summed E-state index contributed by atoms with van der Waals surface area (Å²) < 4.78 is 34.8. The number of aromatic hydroxyl groups is 2. The fourth-order valence-corrected chi connectivity index (χ4v) is 5.88. The molecule has 0 atom stereocenters. The van der Waals surface area contributed by atoms with E-state index >= 15 is 0 Å². The van der Waals surface area contributed by atoms with Gasteiger partial charge >= 0.3 is 5.97 Å². The summed E-state index contributed by atoms with van der Waals surface area (Å²) in [4.78, 5) is 27.4. The number of rotatable bonds is 10. The number of nitrogens with zero attached hydrogens (tertiary/aromatic N) is 5. The number of hydrogen-bond donors (Lipinski definition) is 7. The Morgan fingerprint density at radius 1 is 0.702 bits per heavy atom. The molecule has 2 radical (unpaired) electrons. The maximum Gasteiger partial charge on any atom is 0.339 e. The van der Waals surface area contributed by atoms with E-state index in [1.807, 2.05) is 0 Å². The van der Waals surface area contributed by atoms with Gasteiger partial charge in [0, 0.05) is 87.0 Å². The molecule has 0 saturated carbocycles. The van der Waals surface area contributed by atoms with Crippen molar-refractivity contribution in [2.24, 2.45) is 25.4 Å². The minimum Gasteiger partial charge on any atom is -0.507 e. The first-order valence-corrected chi connectivity index (χ1v) is 17.4. The largest absolute Gasteiger partial charge is 0.507 e. The average molecular weight is 806 g/mol. The first kappa shape index (κ1) is 44.2. The van der Waals surface area contributed by atoms with Crippen LogP contribution in [-0.2, 0) is 10.1 Å². The first-order valence-electron chi connectivity index (χ1n) is 16.0. The monoisotopic (exact) mass is 805 g/mol. The second-order valence-corrected chi connectivity index (χ2v) is 13.3. The molecule has 0 unspecified atom stereocenters. The summed E-state index contributed by atoms with van der Waals surface area (Å²) in [6.07, 6.45) is 0. The first-order chi connectivity index (χ1) is 26.2. The van der Waals surface area contributed by atoms with Crippen LogP contribution < -0.4 is 11.1 Å². The standard InChI is InChI=1S/C38H29N7O9S.2Na/c1-20-16-28(11-14-31(20)44-42-25-8-4-22(5-9-25)37(49)41-27-12-15-32(46)30(19-27)38(50)51)43-45-34-33(55(52,53)54)18-23-17-26(10-13-29(23)35(34)47)40-36(48)21-2-6-24(39)7-3-21;;/h2-19,46-47H,39H2,1H3,(H,40,48)(H,41,49)(H,50,51)(H,52,53,54);;. The van der Waals surface area contributed by atoms with Gasteiger partial charge < -0.3 is 31.5 Å². The number of nitrogens with two attached hydrogens (primary N) is 1. The fourth-order valence-electron chi connectivity index (χ4n) is 5.22. The normalized spacial score (nSPS) is 11.6. The van der Waals surface area contributed by atoms with Gasteiger partial charge in [0.15, 0.2) is 5.75 Å². The molecule has 1 amide bonds. The second-order valence-electron chi connectivity index (χ2n) is 11.9. The van der Waals surface area contributed by atoms with Crippen molar-refractivity contribution in [1.29, 1.82) is 0 Å². The van der Waals surface area contributed by atoms with E-state index in [1.54, 1.807) is 55.5 Å². The number of hydrogen-bond acceptors (Lipinski definition) is 12. The number of fused-ring (bicyclic) bond motifs is 1. The third-order valence-corrected chi connectivity index (χ3v) is 8.92. The van der Waals surface area contributed by atoms with Gasteiger partial charge in [0.25, 0.3) is 16.0 Å². The van der Waals surface area contributed by atoms with Gasteiger partial charge in [0.2, 0.25) is 5.90 Å². The number of aliphatic imine (C=N–C) groups is 1. The van der Waals surface area contributed by atoms with E-state index in [-0.39, 0.29) is 104 Å². The number of nitrogen functional groups attached to an aromatic ring is 1. The number of phenols is 2. The van der Waals surface area contributed by atoms with Crippen LogP contribution in [0.2, 0.25) is 0 Å². The molecular formula is C38H29N7Na2O9S. The number of anilines is 2. The van der Waals surface area contributed by atoms with Gasteiger partial charge in [0.1, 0.15) is 21.9 Å². The number of carboxylic acid groups (broad SMARTS) is 1. The summed E-state index contributed by atoms with van der Waals surface area (Å²) >= 11 is 0. The minimum absolute atomic E-state index is 0. The maximum atomic E-state index is 12.7. The van der Waals surface area contributed by atoms with Crippen molar-refractivity contribution in [2.75, 3.05) is 11.1 Å². The van der Waals surface area contributed by atoms with Crippen molar-refractivity contribution in [2.45, 2.75) is 11.8 Å². The second kappa shape index (κ2) is 18.6. The van der Waals surface area contributed by atoms with E-state index in [1.165, 1.54) is 48.5 Å². The van der Waals surface area contributed by atoms with Gasteiger partial charge in [-0.15, -0.1) is 5.11 Å². The van der Waals surface area contributed by atoms with Crippen LogP contribution >= 0.6 is 0 Å². The van der Waals surface area contributed by atoms with Crippen LogP contribution in [0.25, 0.3) is 10.8 Å². The number of aliphatic hydroxyl groups is 1. The van der Waals surface area contributed by atoms with Gasteiger partial charge in [-0.3, -0.25) is 9.35 Å². The Morgan fingerprint density at radius 2 is 1.33 bits per heavy atom. The summed E-state index contributed by atoms with van der Waals surface area (Å²) in [5.74, 6) is -3.17. The van der Waals surface area contributed by atoms with Gasteiger partial charge in [0.05, 0.1) is 22.7 Å². The Labute approximate surface area is 368 Å².